The Kier molecular flexibility index (Phi) is 1.39. The quantitative estimate of drug-likeness (QED) is 0.409. The van der Waals surface area contributed by atoms with E-state index in [2.05, 4.69) is 14.5 Å². The van der Waals surface area contributed by atoms with E-state index in [4.69, 9.17) is 4.11 Å². The molecule has 5 rings (SSSR count). The smallest absolute Gasteiger partial charge is 0.274 e. The van der Waals surface area contributed by atoms with Crippen molar-refractivity contribution in [1.82, 2.24) is 14.5 Å². The van der Waals surface area contributed by atoms with E-state index in [0.717, 1.165) is 33.0 Å². The molecule has 4 nitrogen and oxygen atoms in total. The van der Waals surface area contributed by atoms with Crippen molar-refractivity contribution < 1.29 is 8.68 Å². The lowest BCUT2D eigenvalue weighted by Crippen LogP contribution is -2.30. The molecule has 96 valence electrons. The largest absolute Gasteiger partial charge is 0.329 e. The minimum atomic E-state index is -2.24. The van der Waals surface area contributed by atoms with Gasteiger partial charge in [0, 0.05) is 35.2 Å². The highest BCUT2D eigenvalue weighted by atomic mass is 32.1. The number of fused-ring (bicyclic) bond motifs is 7. The standard InChI is InChI=1S/C15H11N4S/c1-18-11-3-2-5-17-12(11)13-15(18)20-14-10-7-16-6-4-9(10)8-19(13)14/h2-7H,8H2,1H3/q+1/i1D3. The Morgan fingerprint density at radius 1 is 1.40 bits per heavy atom. The van der Waals surface area contributed by atoms with Crippen molar-refractivity contribution in [2.45, 2.75) is 6.54 Å². The summed E-state index contributed by atoms with van der Waals surface area (Å²) in [6, 6.07) is 5.60. The zero-order chi connectivity index (χ0) is 15.8. The average Bonchev–Trinajstić information content (AvgIpc) is 3.12. The predicted octanol–water partition coefficient (Wildman–Crippen LogP) is 2.50. The van der Waals surface area contributed by atoms with E-state index in [-0.39, 0.29) is 0 Å². The van der Waals surface area contributed by atoms with Gasteiger partial charge in [0.25, 0.3) is 10.5 Å². The molecule has 0 unspecified atom stereocenters. The summed E-state index contributed by atoms with van der Waals surface area (Å²) in [6.07, 6.45) is 5.34. The first-order valence-corrected chi connectivity index (χ1v) is 7.13. The van der Waals surface area contributed by atoms with Crippen molar-refractivity contribution in [2.24, 2.45) is 6.98 Å². The third-order valence-corrected chi connectivity index (χ3v) is 5.04. The third-order valence-electron chi connectivity index (χ3n) is 3.84. The lowest BCUT2D eigenvalue weighted by molar-refractivity contribution is -0.641. The molecule has 4 aromatic heterocycles. The Bertz CT molecular complexity index is 1090. The maximum absolute atomic E-state index is 7.91. The Labute approximate surface area is 123 Å². The molecule has 5 heterocycles. The first-order valence-electron chi connectivity index (χ1n) is 7.81. The number of aromatic nitrogens is 4. The van der Waals surface area contributed by atoms with Crippen LogP contribution in [-0.2, 0) is 13.5 Å². The Morgan fingerprint density at radius 2 is 2.40 bits per heavy atom. The minimum Gasteiger partial charge on any atom is -0.329 e. The van der Waals surface area contributed by atoms with Crippen LogP contribution in [0.25, 0.3) is 32.0 Å². The molecule has 20 heavy (non-hydrogen) atoms. The van der Waals surface area contributed by atoms with Crippen molar-refractivity contribution in [2.75, 3.05) is 0 Å². The lowest BCUT2D eigenvalue weighted by Gasteiger charge is -1.93. The summed E-state index contributed by atoms with van der Waals surface area (Å²) >= 11 is 1.49. The zero-order valence-corrected chi connectivity index (χ0v) is 11.2. The van der Waals surface area contributed by atoms with Crippen LogP contribution in [0.4, 0.5) is 0 Å². The Hall–Kier alpha value is -2.27. The van der Waals surface area contributed by atoms with Gasteiger partial charge in [-0.05, 0) is 29.5 Å². The van der Waals surface area contributed by atoms with Crippen LogP contribution in [0.1, 0.15) is 9.68 Å². The second-order valence-electron chi connectivity index (χ2n) is 4.89. The summed E-state index contributed by atoms with van der Waals surface area (Å²) in [5.41, 5.74) is 4.57. The highest BCUT2D eigenvalue weighted by molar-refractivity contribution is 7.21. The maximum Gasteiger partial charge on any atom is 0.274 e. The van der Waals surface area contributed by atoms with E-state index in [1.165, 1.54) is 21.5 Å². The lowest BCUT2D eigenvalue weighted by atomic mass is 10.2. The van der Waals surface area contributed by atoms with Crippen LogP contribution < -0.4 is 4.57 Å². The molecule has 5 heteroatoms. The highest BCUT2D eigenvalue weighted by Gasteiger charge is 2.35. The molecule has 0 saturated heterocycles. The van der Waals surface area contributed by atoms with Crippen LogP contribution in [-0.4, -0.2) is 14.5 Å². The van der Waals surface area contributed by atoms with Crippen molar-refractivity contribution in [3.63, 3.8) is 0 Å². The van der Waals surface area contributed by atoms with Crippen LogP contribution >= 0.6 is 11.3 Å². The summed E-state index contributed by atoms with van der Waals surface area (Å²) < 4.78 is 27.3. The molecular formula is C15H11N4S+. The number of rotatable bonds is 0. The maximum atomic E-state index is 7.91. The normalized spacial score (nSPS) is 15.9. The number of pyridine rings is 2. The van der Waals surface area contributed by atoms with E-state index < -0.39 is 6.98 Å². The number of aryl methyl sites for hydroxylation is 1. The van der Waals surface area contributed by atoms with Gasteiger partial charge in [-0.1, -0.05) is 0 Å². The average molecular weight is 282 g/mol. The molecule has 0 aromatic carbocycles. The molecule has 4 aromatic rings. The molecule has 0 fully saturated rings. The Morgan fingerprint density at radius 3 is 3.35 bits per heavy atom. The van der Waals surface area contributed by atoms with Crippen molar-refractivity contribution in [3.05, 3.63) is 42.4 Å². The van der Waals surface area contributed by atoms with Crippen molar-refractivity contribution in [1.29, 1.82) is 0 Å². The van der Waals surface area contributed by atoms with Crippen LogP contribution in [0.3, 0.4) is 0 Å². The zero-order valence-electron chi connectivity index (χ0n) is 13.4. The van der Waals surface area contributed by atoms with Gasteiger partial charge in [0.2, 0.25) is 0 Å². The topological polar surface area (TPSA) is 34.6 Å². The van der Waals surface area contributed by atoms with E-state index in [1.807, 2.05) is 18.3 Å². The van der Waals surface area contributed by atoms with Gasteiger partial charge in [-0.25, -0.2) is 4.98 Å². The van der Waals surface area contributed by atoms with Crippen LogP contribution in [0, 0.1) is 0 Å². The number of nitrogens with zero attached hydrogens (tertiary/aromatic N) is 4. The van der Waals surface area contributed by atoms with Gasteiger partial charge in [0.05, 0.1) is 11.1 Å². The van der Waals surface area contributed by atoms with E-state index in [9.17, 15) is 0 Å². The summed E-state index contributed by atoms with van der Waals surface area (Å²) in [4.78, 5) is 9.40. The Balaban J connectivity index is 1.96. The van der Waals surface area contributed by atoms with Crippen LogP contribution in [0.5, 0.6) is 0 Å². The fourth-order valence-corrected chi connectivity index (χ4v) is 4.17. The molecule has 0 N–H and O–H groups in total. The molecule has 0 radical (unpaired) electrons. The SMILES string of the molecule is [2H]C([2H])([2H])n1c2cccnc2c2c1sc1[n+]2Cc2ccncc2-1. The predicted molar refractivity (Wildman–Crippen MR) is 78.6 cm³/mol. The molecule has 1 aliphatic rings. The summed E-state index contributed by atoms with van der Waals surface area (Å²) in [6.45, 7) is -1.51. The fraction of sp³-hybridized carbons (Fsp3) is 0.133. The molecule has 1 aliphatic heterocycles. The summed E-state index contributed by atoms with van der Waals surface area (Å²) in [5.74, 6) is 0. The van der Waals surface area contributed by atoms with E-state index in [0.29, 0.717) is 5.52 Å². The number of thiazole rings is 1. The molecule has 0 aliphatic carbocycles. The minimum absolute atomic E-state index is 0.651. The van der Waals surface area contributed by atoms with E-state index in [1.54, 1.807) is 18.5 Å². The fourth-order valence-electron chi connectivity index (χ4n) is 2.94. The van der Waals surface area contributed by atoms with Crippen molar-refractivity contribution in [3.8, 4) is 10.6 Å². The first-order chi connectivity index (χ1) is 11.1. The van der Waals surface area contributed by atoms with Gasteiger partial charge in [-0.15, -0.1) is 0 Å². The van der Waals surface area contributed by atoms with Gasteiger partial charge in [-0.3, -0.25) is 4.98 Å². The number of hydrogen-bond acceptors (Lipinski definition) is 3. The van der Waals surface area contributed by atoms with Gasteiger partial charge in [0.15, 0.2) is 16.9 Å². The van der Waals surface area contributed by atoms with Crippen LogP contribution in [0.2, 0.25) is 0 Å². The monoisotopic (exact) mass is 282 g/mol. The van der Waals surface area contributed by atoms with Gasteiger partial charge < -0.3 is 4.57 Å². The number of hydrogen-bond donors (Lipinski definition) is 0. The third kappa shape index (κ3) is 1.10. The highest BCUT2D eigenvalue weighted by Crippen LogP contribution is 2.38. The van der Waals surface area contributed by atoms with Crippen LogP contribution in [0.15, 0.2) is 36.8 Å². The second-order valence-corrected chi connectivity index (χ2v) is 5.86. The van der Waals surface area contributed by atoms with Gasteiger partial charge >= 0.3 is 0 Å². The molecule has 0 bridgehead atoms. The molecular weight excluding hydrogens is 268 g/mol. The van der Waals surface area contributed by atoms with E-state index >= 15 is 0 Å². The second kappa shape index (κ2) is 3.43. The van der Waals surface area contributed by atoms with Gasteiger partial charge in [-0.2, -0.15) is 4.57 Å². The van der Waals surface area contributed by atoms with Crippen molar-refractivity contribution >= 4 is 32.7 Å². The molecule has 0 atom stereocenters. The van der Waals surface area contributed by atoms with Gasteiger partial charge in [0.1, 0.15) is 0 Å². The molecule has 0 saturated carbocycles. The molecule has 0 amide bonds. The summed E-state index contributed by atoms with van der Waals surface area (Å²) in [7, 11) is 0. The summed E-state index contributed by atoms with van der Waals surface area (Å²) in [5, 5.41) is 1.05. The molecule has 0 spiro atoms. The first kappa shape index (κ1) is 8.11.